The molecular weight excluding hydrogens is 308 g/mol. The van der Waals surface area contributed by atoms with E-state index in [1.54, 1.807) is 7.11 Å². The Balaban J connectivity index is 1.92. The van der Waals surface area contributed by atoms with E-state index in [4.69, 9.17) is 9.47 Å². The second-order valence-electron chi connectivity index (χ2n) is 4.54. The fraction of sp³-hybridized carbons (Fsp3) is 0.571. The van der Waals surface area contributed by atoms with Crippen LogP contribution >= 0.6 is 15.9 Å². The first-order valence-electron chi connectivity index (χ1n) is 6.62. The van der Waals surface area contributed by atoms with E-state index in [-0.39, 0.29) is 0 Å². The van der Waals surface area contributed by atoms with Gasteiger partial charge in [-0.1, -0.05) is 22.0 Å². The van der Waals surface area contributed by atoms with E-state index < -0.39 is 0 Å². The van der Waals surface area contributed by atoms with Crippen LogP contribution in [0.25, 0.3) is 0 Å². The van der Waals surface area contributed by atoms with Crippen LogP contribution in [0.5, 0.6) is 0 Å². The third kappa shape index (κ3) is 4.45. The summed E-state index contributed by atoms with van der Waals surface area (Å²) >= 11 is 3.65. The minimum absolute atomic E-state index is 0.740. The molecule has 1 N–H and O–H groups in total. The monoisotopic (exact) mass is 328 g/mol. The number of ether oxygens (including phenoxy) is 2. The van der Waals surface area contributed by atoms with Crippen LogP contribution in [0.3, 0.4) is 0 Å². The third-order valence-corrected chi connectivity index (χ3v) is 3.95. The van der Waals surface area contributed by atoms with Crippen LogP contribution in [0.15, 0.2) is 22.7 Å². The topological polar surface area (TPSA) is 33.7 Å². The molecule has 1 aliphatic heterocycles. The van der Waals surface area contributed by atoms with E-state index in [0.29, 0.717) is 0 Å². The molecule has 1 aliphatic rings. The molecule has 2 rings (SSSR count). The van der Waals surface area contributed by atoms with Gasteiger partial charge in [0.15, 0.2) is 0 Å². The Morgan fingerprint density at radius 1 is 1.37 bits per heavy atom. The highest BCUT2D eigenvalue weighted by atomic mass is 79.9. The summed E-state index contributed by atoms with van der Waals surface area (Å²) in [5, 5.41) is 3.35. The predicted octanol–water partition coefficient (Wildman–Crippen LogP) is 2.02. The number of hydrogen-bond acceptors (Lipinski definition) is 4. The minimum atomic E-state index is 0.740. The second kappa shape index (κ2) is 7.85. The molecule has 0 atom stereocenters. The average molecular weight is 329 g/mol. The number of benzene rings is 1. The zero-order chi connectivity index (χ0) is 13.5. The number of methoxy groups -OCH3 is 1. The van der Waals surface area contributed by atoms with Crippen molar-refractivity contribution in [2.24, 2.45) is 0 Å². The number of anilines is 1. The van der Waals surface area contributed by atoms with Crippen molar-refractivity contribution in [1.82, 2.24) is 5.32 Å². The number of morpholine rings is 1. The quantitative estimate of drug-likeness (QED) is 0.810. The lowest BCUT2D eigenvalue weighted by atomic mass is 10.2. The number of hydrogen-bond donors (Lipinski definition) is 1. The first-order chi connectivity index (χ1) is 9.31. The zero-order valence-corrected chi connectivity index (χ0v) is 12.9. The lowest BCUT2D eigenvalue weighted by Crippen LogP contribution is -2.36. The first kappa shape index (κ1) is 14.8. The molecule has 0 aliphatic carbocycles. The zero-order valence-electron chi connectivity index (χ0n) is 11.3. The van der Waals surface area contributed by atoms with E-state index in [2.05, 4.69) is 44.3 Å². The van der Waals surface area contributed by atoms with Crippen molar-refractivity contribution in [2.45, 2.75) is 6.54 Å². The van der Waals surface area contributed by atoms with Crippen molar-refractivity contribution >= 4 is 21.6 Å². The maximum atomic E-state index is 5.38. The number of halogens is 1. The van der Waals surface area contributed by atoms with Crippen molar-refractivity contribution < 1.29 is 9.47 Å². The van der Waals surface area contributed by atoms with Crippen molar-refractivity contribution in [3.63, 3.8) is 0 Å². The van der Waals surface area contributed by atoms with Crippen LogP contribution < -0.4 is 10.2 Å². The highest BCUT2D eigenvalue weighted by molar-refractivity contribution is 9.10. The fourth-order valence-electron chi connectivity index (χ4n) is 2.10. The Kier molecular flexibility index (Phi) is 6.10. The molecule has 0 bridgehead atoms. The van der Waals surface area contributed by atoms with Gasteiger partial charge in [0.05, 0.1) is 19.8 Å². The predicted molar refractivity (Wildman–Crippen MR) is 80.8 cm³/mol. The molecular formula is C14H21BrN2O2. The molecule has 0 amide bonds. The molecule has 0 aromatic heterocycles. The minimum Gasteiger partial charge on any atom is -0.383 e. The molecule has 0 unspecified atom stereocenters. The van der Waals surface area contributed by atoms with Crippen LogP contribution in [-0.4, -0.2) is 46.6 Å². The van der Waals surface area contributed by atoms with E-state index in [0.717, 1.165) is 50.5 Å². The van der Waals surface area contributed by atoms with Crippen LogP contribution in [0, 0.1) is 0 Å². The van der Waals surface area contributed by atoms with Gasteiger partial charge in [0.1, 0.15) is 0 Å². The smallest absolute Gasteiger partial charge is 0.0642 e. The van der Waals surface area contributed by atoms with Crippen molar-refractivity contribution in [3.05, 3.63) is 28.2 Å². The molecule has 5 heteroatoms. The summed E-state index contributed by atoms with van der Waals surface area (Å²) in [6, 6.07) is 6.55. The molecule has 1 heterocycles. The highest BCUT2D eigenvalue weighted by Crippen LogP contribution is 2.24. The average Bonchev–Trinajstić information content (AvgIpc) is 2.46. The molecule has 1 fully saturated rings. The van der Waals surface area contributed by atoms with E-state index in [1.807, 2.05) is 0 Å². The molecule has 0 spiro atoms. The summed E-state index contributed by atoms with van der Waals surface area (Å²) < 4.78 is 11.5. The van der Waals surface area contributed by atoms with Crippen molar-refractivity contribution in [3.8, 4) is 0 Å². The lowest BCUT2D eigenvalue weighted by Gasteiger charge is -2.29. The standard InChI is InChI=1S/C14H21BrN2O2/c1-18-7-4-16-11-12-2-3-13(10-14(12)15)17-5-8-19-9-6-17/h2-3,10,16H,4-9,11H2,1H3. The molecule has 0 radical (unpaired) electrons. The first-order valence-corrected chi connectivity index (χ1v) is 7.41. The van der Waals surface area contributed by atoms with Gasteiger partial charge < -0.3 is 19.7 Å². The van der Waals surface area contributed by atoms with Gasteiger partial charge in [-0.05, 0) is 17.7 Å². The Morgan fingerprint density at radius 3 is 2.84 bits per heavy atom. The lowest BCUT2D eigenvalue weighted by molar-refractivity contribution is 0.122. The Bertz CT molecular complexity index is 395. The maximum absolute atomic E-state index is 5.38. The Labute approximate surface area is 123 Å². The third-order valence-electron chi connectivity index (χ3n) is 3.21. The highest BCUT2D eigenvalue weighted by Gasteiger charge is 2.12. The van der Waals surface area contributed by atoms with Crippen LogP contribution in [-0.2, 0) is 16.0 Å². The molecule has 106 valence electrons. The van der Waals surface area contributed by atoms with Gasteiger partial charge in [0.2, 0.25) is 0 Å². The molecule has 1 aromatic carbocycles. The van der Waals surface area contributed by atoms with Crippen LogP contribution in [0.4, 0.5) is 5.69 Å². The van der Waals surface area contributed by atoms with Crippen molar-refractivity contribution in [1.29, 1.82) is 0 Å². The van der Waals surface area contributed by atoms with Crippen LogP contribution in [0.1, 0.15) is 5.56 Å². The summed E-state index contributed by atoms with van der Waals surface area (Å²) in [4.78, 5) is 2.36. The summed E-state index contributed by atoms with van der Waals surface area (Å²) in [7, 11) is 1.72. The van der Waals surface area contributed by atoms with Crippen molar-refractivity contribution in [2.75, 3.05) is 51.5 Å². The van der Waals surface area contributed by atoms with Gasteiger partial charge in [-0.2, -0.15) is 0 Å². The summed E-state index contributed by atoms with van der Waals surface area (Å²) in [6.45, 7) is 6.04. The molecule has 4 nitrogen and oxygen atoms in total. The second-order valence-corrected chi connectivity index (χ2v) is 5.40. The van der Waals surface area contributed by atoms with E-state index in [9.17, 15) is 0 Å². The summed E-state index contributed by atoms with van der Waals surface area (Å²) in [6.07, 6.45) is 0. The van der Waals surface area contributed by atoms with E-state index >= 15 is 0 Å². The fourth-order valence-corrected chi connectivity index (χ4v) is 2.60. The van der Waals surface area contributed by atoms with Gasteiger partial charge >= 0.3 is 0 Å². The molecule has 1 aromatic rings. The van der Waals surface area contributed by atoms with Gasteiger partial charge in [-0.3, -0.25) is 0 Å². The largest absolute Gasteiger partial charge is 0.383 e. The van der Waals surface area contributed by atoms with Gasteiger partial charge in [0.25, 0.3) is 0 Å². The Morgan fingerprint density at radius 2 is 2.16 bits per heavy atom. The van der Waals surface area contributed by atoms with Crippen LogP contribution in [0.2, 0.25) is 0 Å². The van der Waals surface area contributed by atoms with E-state index in [1.165, 1.54) is 11.3 Å². The van der Waals surface area contributed by atoms with Gasteiger partial charge in [-0.15, -0.1) is 0 Å². The molecule has 19 heavy (non-hydrogen) atoms. The normalized spacial score (nSPS) is 15.8. The number of rotatable bonds is 6. The molecule has 1 saturated heterocycles. The summed E-state index contributed by atoms with van der Waals surface area (Å²) in [5.74, 6) is 0. The van der Waals surface area contributed by atoms with Gasteiger partial charge in [-0.25, -0.2) is 0 Å². The SMILES string of the molecule is COCCNCc1ccc(N2CCOCC2)cc1Br. The Hall–Kier alpha value is -0.620. The van der Waals surface area contributed by atoms with Gasteiger partial charge in [0, 0.05) is 43.4 Å². The molecule has 0 saturated carbocycles. The summed E-state index contributed by atoms with van der Waals surface area (Å²) in [5.41, 5.74) is 2.53. The number of nitrogens with one attached hydrogen (secondary N) is 1. The maximum Gasteiger partial charge on any atom is 0.0642 e. The number of nitrogens with zero attached hydrogens (tertiary/aromatic N) is 1.